The minimum atomic E-state index is -0.159. The standard InChI is InChI=1S/C21H21N7O2S/c1-14(29)24-16-5-4-6-17(11-16)28-21(25-26-27-28)31-13-20(30)22-10-9-15-12-23-19-8-3-2-7-18(15)19/h2-8,11-12,23H,9-10,13H2,1H3,(H,22,30)(H,24,29). The zero-order chi connectivity index (χ0) is 21.6. The molecule has 158 valence electrons. The van der Waals surface area contributed by atoms with E-state index in [4.69, 9.17) is 0 Å². The molecule has 0 aliphatic rings. The van der Waals surface area contributed by atoms with E-state index in [1.165, 1.54) is 34.3 Å². The molecule has 0 fully saturated rings. The second-order valence-electron chi connectivity index (χ2n) is 6.85. The van der Waals surface area contributed by atoms with Gasteiger partial charge < -0.3 is 15.6 Å². The SMILES string of the molecule is CC(=O)Nc1cccc(-n2nnnc2SCC(=O)NCCc2c[nH]c3ccccc23)c1. The number of nitrogens with zero attached hydrogens (tertiary/aromatic N) is 4. The highest BCUT2D eigenvalue weighted by Crippen LogP contribution is 2.21. The van der Waals surface area contributed by atoms with Crippen LogP contribution in [0.5, 0.6) is 0 Å². The molecule has 2 amide bonds. The number of aromatic amines is 1. The van der Waals surface area contributed by atoms with Crippen molar-refractivity contribution < 1.29 is 9.59 Å². The van der Waals surface area contributed by atoms with Crippen LogP contribution in [0.4, 0.5) is 5.69 Å². The Morgan fingerprint density at radius 3 is 2.90 bits per heavy atom. The van der Waals surface area contributed by atoms with Gasteiger partial charge in [0.15, 0.2) is 0 Å². The number of aromatic nitrogens is 5. The first-order valence-electron chi connectivity index (χ1n) is 9.71. The van der Waals surface area contributed by atoms with E-state index in [2.05, 4.69) is 37.2 Å². The van der Waals surface area contributed by atoms with Gasteiger partial charge in [-0.1, -0.05) is 36.0 Å². The van der Waals surface area contributed by atoms with Crippen LogP contribution in [-0.4, -0.2) is 49.3 Å². The Morgan fingerprint density at radius 2 is 2.03 bits per heavy atom. The third-order valence-corrected chi connectivity index (χ3v) is 5.50. The number of hydrogen-bond donors (Lipinski definition) is 3. The molecule has 0 spiro atoms. The Labute approximate surface area is 182 Å². The van der Waals surface area contributed by atoms with Gasteiger partial charge in [0.25, 0.3) is 0 Å². The molecule has 0 unspecified atom stereocenters. The van der Waals surface area contributed by atoms with Crippen molar-refractivity contribution in [3.63, 3.8) is 0 Å². The van der Waals surface area contributed by atoms with E-state index in [-0.39, 0.29) is 17.6 Å². The highest BCUT2D eigenvalue weighted by Gasteiger charge is 2.12. The number of thioether (sulfide) groups is 1. The van der Waals surface area contributed by atoms with Crippen molar-refractivity contribution in [3.8, 4) is 5.69 Å². The van der Waals surface area contributed by atoms with Gasteiger partial charge in [0.05, 0.1) is 11.4 Å². The number of carbonyl (C=O) groups is 2. The van der Waals surface area contributed by atoms with Gasteiger partial charge in [0.1, 0.15) is 0 Å². The summed E-state index contributed by atoms with van der Waals surface area (Å²) in [6, 6.07) is 15.3. The van der Waals surface area contributed by atoms with E-state index in [9.17, 15) is 9.59 Å². The van der Waals surface area contributed by atoms with Crippen molar-refractivity contribution >= 4 is 40.2 Å². The molecule has 0 aliphatic heterocycles. The van der Waals surface area contributed by atoms with E-state index in [1.54, 1.807) is 18.2 Å². The van der Waals surface area contributed by atoms with E-state index in [1.807, 2.05) is 30.5 Å². The zero-order valence-corrected chi connectivity index (χ0v) is 17.6. The molecule has 0 saturated heterocycles. The van der Waals surface area contributed by atoms with E-state index in [0.29, 0.717) is 23.1 Å². The summed E-state index contributed by atoms with van der Waals surface area (Å²) >= 11 is 1.25. The summed E-state index contributed by atoms with van der Waals surface area (Å²) in [5.41, 5.74) is 3.60. The number of nitrogens with one attached hydrogen (secondary N) is 3. The number of benzene rings is 2. The number of amides is 2. The average molecular weight is 436 g/mol. The lowest BCUT2D eigenvalue weighted by molar-refractivity contribution is -0.118. The molecule has 2 aromatic carbocycles. The quantitative estimate of drug-likeness (QED) is 0.366. The van der Waals surface area contributed by atoms with Crippen LogP contribution in [0.15, 0.2) is 59.9 Å². The molecule has 0 bridgehead atoms. The summed E-state index contributed by atoms with van der Waals surface area (Å²) in [4.78, 5) is 26.8. The summed E-state index contributed by atoms with van der Waals surface area (Å²) in [5.74, 6) is -0.0567. The predicted octanol–water partition coefficient (Wildman–Crippen LogP) is 2.55. The van der Waals surface area contributed by atoms with Gasteiger partial charge in [0.2, 0.25) is 17.0 Å². The maximum absolute atomic E-state index is 12.3. The Kier molecular flexibility index (Phi) is 6.27. The maximum atomic E-state index is 12.3. The lowest BCUT2D eigenvalue weighted by Gasteiger charge is -2.07. The number of fused-ring (bicyclic) bond motifs is 1. The van der Waals surface area contributed by atoms with Crippen LogP contribution in [-0.2, 0) is 16.0 Å². The number of carbonyl (C=O) groups excluding carboxylic acids is 2. The molecular weight excluding hydrogens is 414 g/mol. The molecule has 0 radical (unpaired) electrons. The lowest BCUT2D eigenvalue weighted by Crippen LogP contribution is -2.27. The topological polar surface area (TPSA) is 118 Å². The van der Waals surface area contributed by atoms with Crippen molar-refractivity contribution in [2.24, 2.45) is 0 Å². The number of tetrazole rings is 1. The molecule has 9 nitrogen and oxygen atoms in total. The summed E-state index contributed by atoms with van der Waals surface area (Å²) < 4.78 is 1.54. The Morgan fingerprint density at radius 1 is 1.16 bits per heavy atom. The Hall–Kier alpha value is -3.66. The molecule has 2 heterocycles. The molecule has 0 saturated carbocycles. The normalized spacial score (nSPS) is 10.9. The van der Waals surface area contributed by atoms with E-state index >= 15 is 0 Å². The molecule has 0 aliphatic carbocycles. The first-order chi connectivity index (χ1) is 15.1. The molecule has 4 aromatic rings. The van der Waals surface area contributed by atoms with Crippen molar-refractivity contribution in [1.82, 2.24) is 30.5 Å². The summed E-state index contributed by atoms with van der Waals surface area (Å²) in [5, 5.41) is 19.0. The maximum Gasteiger partial charge on any atom is 0.230 e. The smallest absolute Gasteiger partial charge is 0.230 e. The van der Waals surface area contributed by atoms with Crippen LogP contribution in [0.1, 0.15) is 12.5 Å². The molecule has 2 aromatic heterocycles. The van der Waals surface area contributed by atoms with Crippen molar-refractivity contribution in [1.29, 1.82) is 0 Å². The number of rotatable bonds is 8. The van der Waals surface area contributed by atoms with Gasteiger partial charge in [-0.2, -0.15) is 4.68 Å². The Bertz CT molecular complexity index is 1220. The third kappa shape index (κ3) is 5.10. The monoisotopic (exact) mass is 435 g/mol. The summed E-state index contributed by atoms with van der Waals surface area (Å²) in [6.07, 6.45) is 2.73. The average Bonchev–Trinajstić information content (AvgIpc) is 3.39. The van der Waals surface area contributed by atoms with Gasteiger partial charge in [-0.15, -0.1) is 5.10 Å². The number of H-pyrrole nitrogens is 1. The van der Waals surface area contributed by atoms with Crippen LogP contribution >= 0.6 is 11.8 Å². The van der Waals surface area contributed by atoms with Gasteiger partial charge >= 0.3 is 0 Å². The fraction of sp³-hybridized carbons (Fsp3) is 0.190. The van der Waals surface area contributed by atoms with Crippen LogP contribution in [0.2, 0.25) is 0 Å². The minimum Gasteiger partial charge on any atom is -0.361 e. The first-order valence-corrected chi connectivity index (χ1v) is 10.7. The second-order valence-corrected chi connectivity index (χ2v) is 7.80. The van der Waals surface area contributed by atoms with Gasteiger partial charge in [-0.25, -0.2) is 0 Å². The number of anilines is 1. The first kappa shape index (κ1) is 20.6. The molecule has 31 heavy (non-hydrogen) atoms. The van der Waals surface area contributed by atoms with Gasteiger partial charge in [0, 0.05) is 36.3 Å². The summed E-state index contributed by atoms with van der Waals surface area (Å²) in [7, 11) is 0. The van der Waals surface area contributed by atoms with Crippen molar-refractivity contribution in [3.05, 3.63) is 60.3 Å². The number of para-hydroxylation sites is 1. The van der Waals surface area contributed by atoms with E-state index in [0.717, 1.165) is 11.9 Å². The molecule has 10 heteroatoms. The molecular formula is C21H21N7O2S. The fourth-order valence-electron chi connectivity index (χ4n) is 3.21. The van der Waals surface area contributed by atoms with Crippen LogP contribution < -0.4 is 10.6 Å². The Balaban J connectivity index is 1.31. The van der Waals surface area contributed by atoms with Crippen LogP contribution in [0.25, 0.3) is 16.6 Å². The van der Waals surface area contributed by atoms with Crippen molar-refractivity contribution in [2.75, 3.05) is 17.6 Å². The van der Waals surface area contributed by atoms with Crippen molar-refractivity contribution in [2.45, 2.75) is 18.5 Å². The minimum absolute atomic E-state index is 0.0913. The fourth-order valence-corrected chi connectivity index (χ4v) is 3.93. The third-order valence-electron chi connectivity index (χ3n) is 4.58. The molecule has 3 N–H and O–H groups in total. The molecule has 4 rings (SSSR count). The van der Waals surface area contributed by atoms with Gasteiger partial charge in [-0.3, -0.25) is 9.59 Å². The van der Waals surface area contributed by atoms with Crippen LogP contribution in [0.3, 0.4) is 0 Å². The zero-order valence-electron chi connectivity index (χ0n) is 16.8. The predicted molar refractivity (Wildman–Crippen MR) is 119 cm³/mol. The molecule has 0 atom stereocenters. The second kappa shape index (κ2) is 9.43. The van der Waals surface area contributed by atoms with Crippen LogP contribution in [0, 0.1) is 0 Å². The lowest BCUT2D eigenvalue weighted by atomic mass is 10.1. The highest BCUT2D eigenvalue weighted by atomic mass is 32.2. The highest BCUT2D eigenvalue weighted by molar-refractivity contribution is 7.99. The van der Waals surface area contributed by atoms with E-state index < -0.39 is 0 Å². The van der Waals surface area contributed by atoms with Gasteiger partial charge in [-0.05, 0) is 46.7 Å². The summed E-state index contributed by atoms with van der Waals surface area (Å²) in [6.45, 7) is 1.99. The largest absolute Gasteiger partial charge is 0.361 e. The number of hydrogen-bond acceptors (Lipinski definition) is 6.